The minimum Gasteiger partial charge on any atom is -0.381 e. The summed E-state index contributed by atoms with van der Waals surface area (Å²) in [6, 6.07) is 7.25. The van der Waals surface area contributed by atoms with Crippen molar-refractivity contribution in [3.63, 3.8) is 0 Å². The molecule has 0 radical (unpaired) electrons. The van der Waals surface area contributed by atoms with Crippen LogP contribution in [-0.4, -0.2) is 29.1 Å². The summed E-state index contributed by atoms with van der Waals surface area (Å²) in [5.41, 5.74) is 2.85. The lowest BCUT2D eigenvalue weighted by Gasteiger charge is -2.21. The Morgan fingerprint density at radius 3 is 2.78 bits per heavy atom. The van der Waals surface area contributed by atoms with Gasteiger partial charge in [0.1, 0.15) is 12.0 Å². The van der Waals surface area contributed by atoms with Crippen LogP contribution in [-0.2, 0) is 4.74 Å². The second-order valence-electron chi connectivity index (χ2n) is 5.65. The smallest absolute Gasteiger partial charge is 0.274 e. The van der Waals surface area contributed by atoms with Crippen LogP contribution in [0.4, 0.5) is 5.69 Å². The van der Waals surface area contributed by atoms with E-state index < -0.39 is 0 Å². The summed E-state index contributed by atoms with van der Waals surface area (Å²) in [5, 5.41) is 3.31. The largest absolute Gasteiger partial charge is 0.381 e. The highest BCUT2D eigenvalue weighted by atomic mass is 35.5. The van der Waals surface area contributed by atoms with Crippen molar-refractivity contribution in [3.8, 4) is 0 Å². The average Bonchev–Trinajstić information content (AvgIpc) is 2.58. The van der Waals surface area contributed by atoms with Gasteiger partial charge in [-0.15, -0.1) is 0 Å². The first-order chi connectivity index (χ1) is 11.1. The molecule has 1 saturated heterocycles. The lowest BCUT2D eigenvalue weighted by molar-refractivity contribution is 0.0844. The van der Waals surface area contributed by atoms with Crippen molar-refractivity contribution < 1.29 is 9.53 Å². The Morgan fingerprint density at radius 1 is 1.26 bits per heavy atom. The Labute approximate surface area is 140 Å². The van der Waals surface area contributed by atoms with Crippen molar-refractivity contribution in [1.29, 1.82) is 0 Å². The molecule has 1 N–H and O–H groups in total. The molecule has 1 aromatic carbocycles. The minimum absolute atomic E-state index is 0.286. The average molecular weight is 332 g/mol. The first-order valence-corrected chi connectivity index (χ1v) is 7.98. The molecule has 120 valence electrons. The van der Waals surface area contributed by atoms with Gasteiger partial charge in [-0.3, -0.25) is 4.79 Å². The topological polar surface area (TPSA) is 64.1 Å². The number of nitrogens with zero attached hydrogens (tertiary/aromatic N) is 2. The Bertz CT molecular complexity index is 715. The number of anilines is 1. The summed E-state index contributed by atoms with van der Waals surface area (Å²) in [5.74, 6) is 0.0349. The quantitative estimate of drug-likeness (QED) is 0.933. The second-order valence-corrected chi connectivity index (χ2v) is 6.06. The molecule has 6 heteroatoms. The summed E-state index contributed by atoms with van der Waals surface area (Å²) in [7, 11) is 0. The Balaban J connectivity index is 1.76. The number of amides is 1. The fourth-order valence-electron chi connectivity index (χ4n) is 2.62. The second kappa shape index (κ2) is 7.06. The number of benzene rings is 1. The highest BCUT2D eigenvalue weighted by Crippen LogP contribution is 2.26. The zero-order chi connectivity index (χ0) is 16.2. The van der Waals surface area contributed by atoms with Crippen molar-refractivity contribution in [3.05, 3.63) is 52.6 Å². The molecule has 3 rings (SSSR count). The molecule has 0 aliphatic carbocycles. The van der Waals surface area contributed by atoms with E-state index in [9.17, 15) is 4.79 Å². The summed E-state index contributed by atoms with van der Waals surface area (Å²) in [6.07, 6.45) is 3.28. The van der Waals surface area contributed by atoms with E-state index in [1.165, 1.54) is 6.33 Å². The zero-order valence-electron chi connectivity index (χ0n) is 12.9. The van der Waals surface area contributed by atoms with Crippen LogP contribution in [0, 0.1) is 6.92 Å². The predicted octanol–water partition coefficient (Wildman–Crippen LogP) is 3.58. The van der Waals surface area contributed by atoms with E-state index in [-0.39, 0.29) is 5.91 Å². The number of aryl methyl sites for hydroxylation is 1. The number of rotatable bonds is 3. The van der Waals surface area contributed by atoms with Crippen LogP contribution >= 0.6 is 11.6 Å². The molecule has 0 spiro atoms. The maximum Gasteiger partial charge on any atom is 0.274 e. The highest BCUT2D eigenvalue weighted by molar-refractivity contribution is 6.34. The fraction of sp³-hybridized carbons (Fsp3) is 0.353. The highest BCUT2D eigenvalue weighted by Gasteiger charge is 2.19. The van der Waals surface area contributed by atoms with Crippen LogP contribution in [0.5, 0.6) is 0 Å². The number of nitrogens with one attached hydrogen (secondary N) is 1. The molecule has 0 saturated carbocycles. The molecule has 1 fully saturated rings. The Kier molecular flexibility index (Phi) is 4.88. The first kappa shape index (κ1) is 15.9. The lowest BCUT2D eigenvalue weighted by atomic mass is 9.96. The number of aromatic nitrogens is 2. The first-order valence-electron chi connectivity index (χ1n) is 7.60. The van der Waals surface area contributed by atoms with Gasteiger partial charge in [-0.25, -0.2) is 9.97 Å². The number of hydrogen-bond donors (Lipinski definition) is 1. The summed E-state index contributed by atoms with van der Waals surface area (Å²) in [6.45, 7) is 3.41. The lowest BCUT2D eigenvalue weighted by Crippen LogP contribution is -2.18. The van der Waals surface area contributed by atoms with Crippen molar-refractivity contribution in [2.45, 2.75) is 25.7 Å². The molecule has 1 aromatic heterocycles. The van der Waals surface area contributed by atoms with Crippen LogP contribution < -0.4 is 5.32 Å². The van der Waals surface area contributed by atoms with Crippen molar-refractivity contribution >= 4 is 23.2 Å². The molecular formula is C17H18ClN3O2. The van der Waals surface area contributed by atoms with E-state index >= 15 is 0 Å². The predicted molar refractivity (Wildman–Crippen MR) is 89.0 cm³/mol. The summed E-state index contributed by atoms with van der Waals surface area (Å²) < 4.78 is 5.36. The molecule has 1 amide bonds. The monoisotopic (exact) mass is 331 g/mol. The maximum atomic E-state index is 12.4. The van der Waals surface area contributed by atoms with Gasteiger partial charge in [-0.05, 0) is 43.5 Å². The van der Waals surface area contributed by atoms with Gasteiger partial charge in [0.15, 0.2) is 0 Å². The van der Waals surface area contributed by atoms with Gasteiger partial charge in [-0.2, -0.15) is 0 Å². The van der Waals surface area contributed by atoms with Gasteiger partial charge in [0.05, 0.1) is 10.7 Å². The summed E-state index contributed by atoms with van der Waals surface area (Å²) in [4.78, 5) is 20.8. The number of halogens is 1. The van der Waals surface area contributed by atoms with Gasteiger partial charge in [0, 0.05) is 24.8 Å². The SMILES string of the molecule is Cc1ccc(NC(=O)c2cc(C3CCOCC3)ncn2)c(Cl)c1. The number of ether oxygens (including phenoxy) is 1. The number of carbonyl (C=O) groups is 1. The third-order valence-corrected chi connectivity index (χ3v) is 4.25. The molecule has 0 atom stereocenters. The van der Waals surface area contributed by atoms with Gasteiger partial charge < -0.3 is 10.1 Å². The van der Waals surface area contributed by atoms with Crippen molar-refractivity contribution in [2.75, 3.05) is 18.5 Å². The van der Waals surface area contributed by atoms with Gasteiger partial charge in [-0.1, -0.05) is 17.7 Å². The van der Waals surface area contributed by atoms with Gasteiger partial charge >= 0.3 is 0 Å². The van der Waals surface area contributed by atoms with E-state index in [0.717, 1.165) is 37.3 Å². The fourth-order valence-corrected chi connectivity index (χ4v) is 2.90. The van der Waals surface area contributed by atoms with E-state index in [0.29, 0.717) is 22.3 Å². The zero-order valence-corrected chi connectivity index (χ0v) is 13.6. The molecular weight excluding hydrogens is 314 g/mol. The van der Waals surface area contributed by atoms with Crippen LogP contribution in [0.3, 0.4) is 0 Å². The standard InChI is InChI=1S/C17H18ClN3O2/c1-11-2-3-14(13(18)8-11)21-17(22)16-9-15(19-10-20-16)12-4-6-23-7-5-12/h2-3,8-10,12H,4-7H2,1H3,(H,21,22). The minimum atomic E-state index is -0.286. The van der Waals surface area contributed by atoms with Crippen LogP contribution in [0.15, 0.2) is 30.6 Å². The normalized spacial score (nSPS) is 15.4. The summed E-state index contributed by atoms with van der Waals surface area (Å²) >= 11 is 6.15. The van der Waals surface area contributed by atoms with Gasteiger partial charge in [0.25, 0.3) is 5.91 Å². The Hall–Kier alpha value is -1.98. The Morgan fingerprint density at radius 2 is 2.04 bits per heavy atom. The third-order valence-electron chi connectivity index (χ3n) is 3.93. The van der Waals surface area contributed by atoms with Crippen molar-refractivity contribution in [1.82, 2.24) is 9.97 Å². The molecule has 5 nitrogen and oxygen atoms in total. The molecule has 1 aliphatic heterocycles. The van der Waals surface area contributed by atoms with E-state index in [1.54, 1.807) is 12.1 Å². The number of hydrogen-bond acceptors (Lipinski definition) is 4. The van der Waals surface area contributed by atoms with Crippen LogP contribution in [0.1, 0.15) is 40.5 Å². The molecule has 0 unspecified atom stereocenters. The van der Waals surface area contributed by atoms with Gasteiger partial charge in [0.2, 0.25) is 0 Å². The van der Waals surface area contributed by atoms with Crippen molar-refractivity contribution in [2.24, 2.45) is 0 Å². The van der Waals surface area contributed by atoms with E-state index in [4.69, 9.17) is 16.3 Å². The van der Waals surface area contributed by atoms with Crippen LogP contribution in [0.25, 0.3) is 0 Å². The number of carbonyl (C=O) groups excluding carboxylic acids is 1. The molecule has 0 bridgehead atoms. The maximum absolute atomic E-state index is 12.4. The molecule has 23 heavy (non-hydrogen) atoms. The third kappa shape index (κ3) is 3.86. The van der Waals surface area contributed by atoms with E-state index in [1.807, 2.05) is 19.1 Å². The molecule has 2 aromatic rings. The van der Waals surface area contributed by atoms with Crippen LogP contribution in [0.2, 0.25) is 5.02 Å². The van der Waals surface area contributed by atoms with E-state index in [2.05, 4.69) is 15.3 Å². The molecule has 1 aliphatic rings. The molecule has 2 heterocycles.